The molecule has 2 saturated carbocycles. The van der Waals surface area contributed by atoms with Crippen LogP contribution in [0.25, 0.3) is 0 Å². The third kappa shape index (κ3) is 4.11. The van der Waals surface area contributed by atoms with Crippen molar-refractivity contribution in [1.82, 2.24) is 5.32 Å². The van der Waals surface area contributed by atoms with Crippen molar-refractivity contribution in [2.75, 3.05) is 5.32 Å². The molecule has 1 amide bonds. The van der Waals surface area contributed by atoms with E-state index in [0.717, 1.165) is 11.8 Å². The minimum atomic E-state index is -0.501. The second-order valence-electron chi connectivity index (χ2n) is 7.04. The predicted octanol–water partition coefficient (Wildman–Crippen LogP) is 4.75. The van der Waals surface area contributed by atoms with Crippen molar-refractivity contribution in [3.8, 4) is 6.07 Å². The van der Waals surface area contributed by atoms with Gasteiger partial charge in [0.05, 0.1) is 10.7 Å². The van der Waals surface area contributed by atoms with E-state index in [1.807, 2.05) is 6.07 Å². The number of hydrogen-bond acceptors (Lipinski definition) is 3. The molecule has 1 aromatic carbocycles. The van der Waals surface area contributed by atoms with Gasteiger partial charge in [-0.2, -0.15) is 5.26 Å². The molecular weight excluding hydrogens is 357 g/mol. The number of carbonyl (C=O) groups excluding carboxylic acids is 1. The standard InChI is InChI=1S/C19H21Cl2N3O/c1-11(16-7-12-2-3-13(16)6-12)23-10-14(9-22)19(25)24-18-8-15(20)4-5-17(18)21/h4-5,8,10-13,16,23H,2-3,6-7H2,1H3,(H,24,25)/b14-10-. The Morgan fingerprint density at radius 2 is 2.16 bits per heavy atom. The number of carbonyl (C=O) groups is 1. The largest absolute Gasteiger partial charge is 0.387 e. The van der Waals surface area contributed by atoms with Gasteiger partial charge >= 0.3 is 0 Å². The van der Waals surface area contributed by atoms with E-state index >= 15 is 0 Å². The molecule has 1 aromatic rings. The quantitative estimate of drug-likeness (QED) is 0.574. The van der Waals surface area contributed by atoms with Crippen molar-refractivity contribution in [1.29, 1.82) is 5.26 Å². The number of halogens is 2. The summed E-state index contributed by atoms with van der Waals surface area (Å²) in [6.07, 6.45) is 6.77. The van der Waals surface area contributed by atoms with Gasteiger partial charge in [-0.05, 0) is 62.1 Å². The van der Waals surface area contributed by atoms with Crippen LogP contribution in [0, 0.1) is 29.1 Å². The lowest BCUT2D eigenvalue weighted by Crippen LogP contribution is -2.34. The molecule has 0 saturated heterocycles. The summed E-state index contributed by atoms with van der Waals surface area (Å²) in [6, 6.07) is 7.00. The van der Waals surface area contributed by atoms with Gasteiger partial charge in [-0.3, -0.25) is 4.79 Å². The Balaban J connectivity index is 1.63. The lowest BCUT2D eigenvalue weighted by Gasteiger charge is -2.28. The minimum Gasteiger partial charge on any atom is -0.387 e. The van der Waals surface area contributed by atoms with Gasteiger partial charge in [0.1, 0.15) is 11.6 Å². The fourth-order valence-electron chi connectivity index (χ4n) is 4.18. The summed E-state index contributed by atoms with van der Waals surface area (Å²) in [7, 11) is 0. The first kappa shape index (κ1) is 18.1. The first-order valence-corrected chi connectivity index (χ1v) is 9.36. The number of benzene rings is 1. The third-order valence-electron chi connectivity index (χ3n) is 5.47. The molecule has 132 valence electrons. The van der Waals surface area contributed by atoms with Gasteiger partial charge in [0.2, 0.25) is 0 Å². The number of hydrogen-bond donors (Lipinski definition) is 2. The smallest absolute Gasteiger partial charge is 0.267 e. The number of fused-ring (bicyclic) bond motifs is 2. The van der Waals surface area contributed by atoms with E-state index in [-0.39, 0.29) is 11.6 Å². The zero-order valence-corrected chi connectivity index (χ0v) is 15.6. The van der Waals surface area contributed by atoms with Crippen LogP contribution in [0.1, 0.15) is 32.6 Å². The van der Waals surface area contributed by atoms with E-state index in [1.165, 1.54) is 31.9 Å². The number of anilines is 1. The molecule has 4 atom stereocenters. The van der Waals surface area contributed by atoms with E-state index in [9.17, 15) is 10.1 Å². The van der Waals surface area contributed by atoms with E-state index in [2.05, 4.69) is 17.6 Å². The third-order valence-corrected chi connectivity index (χ3v) is 6.03. The number of amides is 1. The fraction of sp³-hybridized carbons (Fsp3) is 0.474. The van der Waals surface area contributed by atoms with Crippen molar-refractivity contribution >= 4 is 34.8 Å². The Kier molecular flexibility index (Phi) is 5.56. The normalized spacial score (nSPS) is 26.2. The topological polar surface area (TPSA) is 64.9 Å². The molecule has 2 fully saturated rings. The summed E-state index contributed by atoms with van der Waals surface area (Å²) in [5.41, 5.74) is 0.410. The van der Waals surface area contributed by atoms with Crippen molar-refractivity contribution < 1.29 is 4.79 Å². The predicted molar refractivity (Wildman–Crippen MR) is 100 cm³/mol. The van der Waals surface area contributed by atoms with Crippen molar-refractivity contribution in [2.45, 2.75) is 38.6 Å². The first-order chi connectivity index (χ1) is 12.0. The summed E-state index contributed by atoms with van der Waals surface area (Å²) in [5, 5.41) is 16.0. The zero-order valence-electron chi connectivity index (χ0n) is 14.1. The minimum absolute atomic E-state index is 0.0195. The Morgan fingerprint density at radius 1 is 1.36 bits per heavy atom. The van der Waals surface area contributed by atoms with Crippen molar-refractivity contribution in [2.24, 2.45) is 17.8 Å². The second kappa shape index (κ2) is 7.68. The maximum absolute atomic E-state index is 12.3. The number of nitrogens with zero attached hydrogens (tertiary/aromatic N) is 1. The molecule has 2 N–H and O–H groups in total. The molecule has 0 aliphatic heterocycles. The lowest BCUT2D eigenvalue weighted by molar-refractivity contribution is -0.112. The molecule has 6 heteroatoms. The number of nitrogens with one attached hydrogen (secondary N) is 2. The highest BCUT2D eigenvalue weighted by Gasteiger charge is 2.41. The van der Waals surface area contributed by atoms with Crippen LogP contribution < -0.4 is 10.6 Å². The molecule has 4 nitrogen and oxygen atoms in total. The highest BCUT2D eigenvalue weighted by molar-refractivity contribution is 6.35. The molecule has 0 heterocycles. The Bertz CT molecular complexity index is 741. The average Bonchev–Trinajstić information content (AvgIpc) is 3.21. The Hall–Kier alpha value is -1.70. The maximum atomic E-state index is 12.3. The SMILES string of the molecule is CC(N/C=C(/C#N)C(=O)Nc1cc(Cl)ccc1Cl)C1CC2CCC1C2. The molecule has 3 rings (SSSR count). The van der Waals surface area contributed by atoms with E-state index in [1.54, 1.807) is 18.2 Å². The van der Waals surface area contributed by atoms with Gasteiger partial charge in [-0.1, -0.05) is 29.6 Å². The Labute approximate surface area is 158 Å². The summed E-state index contributed by atoms with van der Waals surface area (Å²) in [6.45, 7) is 2.13. The number of rotatable bonds is 5. The van der Waals surface area contributed by atoms with Crippen LogP contribution in [-0.2, 0) is 4.79 Å². The van der Waals surface area contributed by atoms with Gasteiger partial charge < -0.3 is 10.6 Å². The average molecular weight is 378 g/mol. The molecule has 25 heavy (non-hydrogen) atoms. The molecule has 4 unspecified atom stereocenters. The summed E-state index contributed by atoms with van der Waals surface area (Å²) in [4.78, 5) is 12.3. The van der Waals surface area contributed by atoms with Crippen LogP contribution in [0.4, 0.5) is 5.69 Å². The molecule has 2 aliphatic carbocycles. The molecule has 2 bridgehead atoms. The maximum Gasteiger partial charge on any atom is 0.267 e. The van der Waals surface area contributed by atoms with Crippen molar-refractivity contribution in [3.63, 3.8) is 0 Å². The van der Waals surface area contributed by atoms with Gasteiger partial charge in [-0.15, -0.1) is 0 Å². The molecular formula is C19H21Cl2N3O. The highest BCUT2D eigenvalue weighted by Crippen LogP contribution is 2.49. The van der Waals surface area contributed by atoms with Crippen LogP contribution in [0.5, 0.6) is 0 Å². The zero-order chi connectivity index (χ0) is 18.0. The number of nitriles is 1. The summed E-state index contributed by atoms with van der Waals surface area (Å²) in [5.74, 6) is 1.78. The Morgan fingerprint density at radius 3 is 2.80 bits per heavy atom. The van der Waals surface area contributed by atoms with E-state index in [0.29, 0.717) is 21.7 Å². The van der Waals surface area contributed by atoms with Crippen LogP contribution >= 0.6 is 23.2 Å². The van der Waals surface area contributed by atoms with Gasteiger partial charge in [0.25, 0.3) is 5.91 Å². The van der Waals surface area contributed by atoms with Crippen LogP contribution in [-0.4, -0.2) is 11.9 Å². The summed E-state index contributed by atoms with van der Waals surface area (Å²) >= 11 is 12.0. The molecule has 0 aromatic heterocycles. The monoisotopic (exact) mass is 377 g/mol. The molecule has 2 aliphatic rings. The first-order valence-electron chi connectivity index (χ1n) is 8.60. The van der Waals surface area contributed by atoms with Gasteiger partial charge in [0, 0.05) is 17.3 Å². The van der Waals surface area contributed by atoms with Crippen molar-refractivity contribution in [3.05, 3.63) is 40.0 Å². The van der Waals surface area contributed by atoms with Crippen LogP contribution in [0.3, 0.4) is 0 Å². The van der Waals surface area contributed by atoms with E-state index < -0.39 is 5.91 Å². The van der Waals surface area contributed by atoms with Gasteiger partial charge in [-0.25, -0.2) is 0 Å². The van der Waals surface area contributed by atoms with Gasteiger partial charge in [0.15, 0.2) is 0 Å². The highest BCUT2D eigenvalue weighted by atomic mass is 35.5. The molecule has 0 radical (unpaired) electrons. The second-order valence-corrected chi connectivity index (χ2v) is 7.89. The van der Waals surface area contributed by atoms with Crippen LogP contribution in [0.15, 0.2) is 30.0 Å². The van der Waals surface area contributed by atoms with E-state index in [4.69, 9.17) is 23.2 Å². The molecule has 0 spiro atoms. The van der Waals surface area contributed by atoms with Crippen LogP contribution in [0.2, 0.25) is 10.0 Å². The summed E-state index contributed by atoms with van der Waals surface area (Å²) < 4.78 is 0. The fourth-order valence-corrected chi connectivity index (χ4v) is 4.51. The lowest BCUT2D eigenvalue weighted by atomic mass is 9.84.